The minimum absolute atomic E-state index is 0.0666. The van der Waals surface area contributed by atoms with Gasteiger partial charge in [-0.15, -0.1) is 0 Å². The number of amides is 1. The van der Waals surface area contributed by atoms with Gasteiger partial charge < -0.3 is 16.0 Å². The van der Waals surface area contributed by atoms with Gasteiger partial charge in [0.25, 0.3) is 0 Å². The Bertz CT molecular complexity index is 404. The van der Waals surface area contributed by atoms with E-state index >= 15 is 0 Å². The number of nitrogens with zero attached hydrogens (tertiary/aromatic N) is 1. The molecule has 0 aliphatic carbocycles. The second-order valence-corrected chi connectivity index (χ2v) is 4.13. The van der Waals surface area contributed by atoms with Gasteiger partial charge in [0.2, 0.25) is 5.91 Å². The van der Waals surface area contributed by atoms with E-state index in [1.54, 1.807) is 0 Å². The van der Waals surface area contributed by atoms with Crippen molar-refractivity contribution in [3.05, 3.63) is 24.3 Å². The molecular weight excluding hydrogens is 222 g/mol. The van der Waals surface area contributed by atoms with Crippen LogP contribution in [0.4, 0.5) is 11.4 Å². The second kappa shape index (κ2) is 5.46. The summed E-state index contributed by atoms with van der Waals surface area (Å²) in [6.45, 7) is 0. The lowest BCUT2D eigenvalue weighted by Crippen LogP contribution is -2.21. The normalized spacial score (nSPS) is 9.62. The maximum absolute atomic E-state index is 11.5. The Morgan fingerprint density at radius 3 is 2.62 bits per heavy atom. The lowest BCUT2D eigenvalue weighted by Gasteiger charge is -2.17. The van der Waals surface area contributed by atoms with Crippen molar-refractivity contribution >= 4 is 34.5 Å². The molecule has 0 spiro atoms. The Balaban J connectivity index is 2.80. The molecule has 0 fully saturated rings. The molecule has 3 N–H and O–H groups in total. The molecule has 0 aromatic heterocycles. The molecule has 0 unspecified atom stereocenters. The lowest BCUT2D eigenvalue weighted by atomic mass is 10.2. The Hall–Kier alpha value is -1.62. The highest BCUT2D eigenvalue weighted by atomic mass is 32.1. The van der Waals surface area contributed by atoms with Crippen molar-refractivity contribution in [1.29, 1.82) is 0 Å². The summed E-state index contributed by atoms with van der Waals surface area (Å²) in [5.74, 6) is -0.193. The molecule has 0 aliphatic rings. The Morgan fingerprint density at radius 2 is 2.06 bits per heavy atom. The average Bonchev–Trinajstić information content (AvgIpc) is 2.16. The van der Waals surface area contributed by atoms with Crippen LogP contribution in [0.15, 0.2) is 24.3 Å². The van der Waals surface area contributed by atoms with Gasteiger partial charge in [0, 0.05) is 14.1 Å². The van der Waals surface area contributed by atoms with E-state index in [4.69, 9.17) is 5.73 Å². The van der Waals surface area contributed by atoms with Crippen LogP contribution in [-0.4, -0.2) is 25.0 Å². The third-order valence-electron chi connectivity index (χ3n) is 1.99. The molecule has 1 aromatic carbocycles. The van der Waals surface area contributed by atoms with Gasteiger partial charge in [-0.3, -0.25) is 4.79 Å². The molecule has 0 saturated carbocycles. The largest absolute Gasteiger partial charge is 0.393 e. The van der Waals surface area contributed by atoms with Crippen molar-refractivity contribution < 1.29 is 4.79 Å². The van der Waals surface area contributed by atoms with Gasteiger partial charge in [0.1, 0.15) is 0 Å². The third-order valence-corrected chi connectivity index (χ3v) is 2.14. The smallest absolute Gasteiger partial charge is 0.231 e. The summed E-state index contributed by atoms with van der Waals surface area (Å²) < 4.78 is 0. The lowest BCUT2D eigenvalue weighted by molar-refractivity contribution is -0.115. The zero-order valence-electron chi connectivity index (χ0n) is 9.36. The molecule has 0 saturated heterocycles. The number of nitrogens with two attached hydrogens (primary N) is 1. The number of para-hydroxylation sites is 2. The molecule has 0 bridgehead atoms. The van der Waals surface area contributed by atoms with Crippen LogP contribution in [0.1, 0.15) is 6.42 Å². The highest BCUT2D eigenvalue weighted by Crippen LogP contribution is 2.23. The molecular formula is C11H15N3OS. The molecule has 5 heteroatoms. The predicted octanol–water partition coefficient (Wildman–Crippen LogP) is 1.37. The summed E-state index contributed by atoms with van der Waals surface area (Å²) >= 11 is 4.68. The number of hydrogen-bond donors (Lipinski definition) is 2. The zero-order valence-corrected chi connectivity index (χ0v) is 10.2. The van der Waals surface area contributed by atoms with Crippen LogP contribution in [0, 0.1) is 0 Å². The summed E-state index contributed by atoms with van der Waals surface area (Å²) in [4.78, 5) is 13.6. The molecule has 1 amide bonds. The van der Waals surface area contributed by atoms with Crippen LogP contribution in [0.5, 0.6) is 0 Å². The number of carbonyl (C=O) groups is 1. The van der Waals surface area contributed by atoms with Crippen LogP contribution in [-0.2, 0) is 4.79 Å². The number of rotatable bonds is 4. The minimum Gasteiger partial charge on any atom is -0.393 e. The van der Waals surface area contributed by atoms with E-state index in [0.29, 0.717) is 0 Å². The van der Waals surface area contributed by atoms with E-state index in [0.717, 1.165) is 11.4 Å². The Labute approximate surface area is 100 Å². The van der Waals surface area contributed by atoms with Crippen LogP contribution in [0.3, 0.4) is 0 Å². The summed E-state index contributed by atoms with van der Waals surface area (Å²) in [7, 11) is 3.83. The molecule has 86 valence electrons. The minimum atomic E-state index is -0.193. The average molecular weight is 237 g/mol. The van der Waals surface area contributed by atoms with Gasteiger partial charge in [0.15, 0.2) is 0 Å². The summed E-state index contributed by atoms with van der Waals surface area (Å²) in [6.07, 6.45) is 0.0666. The van der Waals surface area contributed by atoms with Gasteiger partial charge >= 0.3 is 0 Å². The van der Waals surface area contributed by atoms with Crippen molar-refractivity contribution in [2.75, 3.05) is 24.3 Å². The fourth-order valence-corrected chi connectivity index (χ4v) is 1.45. The number of thiocarbonyl (C=S) groups is 1. The van der Waals surface area contributed by atoms with Crippen LogP contribution in [0.25, 0.3) is 0 Å². The molecule has 1 aromatic rings. The number of anilines is 2. The number of hydrogen-bond acceptors (Lipinski definition) is 3. The van der Waals surface area contributed by atoms with Crippen LogP contribution in [0.2, 0.25) is 0 Å². The zero-order chi connectivity index (χ0) is 12.1. The first-order valence-electron chi connectivity index (χ1n) is 4.85. The monoisotopic (exact) mass is 237 g/mol. The van der Waals surface area contributed by atoms with E-state index < -0.39 is 0 Å². The van der Waals surface area contributed by atoms with E-state index in [9.17, 15) is 4.79 Å². The topological polar surface area (TPSA) is 58.4 Å². The van der Waals surface area contributed by atoms with Gasteiger partial charge in [-0.05, 0) is 12.1 Å². The second-order valence-electron chi connectivity index (χ2n) is 3.60. The molecule has 4 nitrogen and oxygen atoms in total. The van der Waals surface area contributed by atoms with Gasteiger partial charge in [0.05, 0.1) is 22.8 Å². The number of nitrogens with one attached hydrogen (secondary N) is 1. The van der Waals surface area contributed by atoms with E-state index in [1.165, 1.54) is 0 Å². The van der Waals surface area contributed by atoms with Crippen molar-refractivity contribution in [3.8, 4) is 0 Å². The molecule has 0 aliphatic heterocycles. The van der Waals surface area contributed by atoms with Gasteiger partial charge in [-0.2, -0.15) is 0 Å². The first-order valence-corrected chi connectivity index (χ1v) is 5.26. The SMILES string of the molecule is CN(C)c1ccccc1NC(=O)CC(N)=S. The first kappa shape index (κ1) is 12.4. The van der Waals surface area contributed by atoms with Gasteiger partial charge in [-0.1, -0.05) is 24.4 Å². The third kappa shape index (κ3) is 3.51. The van der Waals surface area contributed by atoms with Crippen LogP contribution < -0.4 is 16.0 Å². The fourth-order valence-electron chi connectivity index (χ4n) is 1.32. The summed E-state index contributed by atoms with van der Waals surface area (Å²) in [5, 5.41) is 2.78. The molecule has 1 rings (SSSR count). The maximum atomic E-state index is 11.5. The number of benzene rings is 1. The first-order chi connectivity index (χ1) is 7.50. The van der Waals surface area contributed by atoms with Crippen molar-refractivity contribution in [1.82, 2.24) is 0 Å². The van der Waals surface area contributed by atoms with E-state index in [1.807, 2.05) is 43.3 Å². The maximum Gasteiger partial charge on any atom is 0.231 e. The fraction of sp³-hybridized carbons (Fsp3) is 0.273. The molecule has 0 radical (unpaired) electrons. The molecule has 16 heavy (non-hydrogen) atoms. The van der Waals surface area contributed by atoms with Gasteiger partial charge in [-0.25, -0.2) is 0 Å². The van der Waals surface area contributed by atoms with E-state index in [-0.39, 0.29) is 17.3 Å². The standard InChI is InChI=1S/C11H15N3OS/c1-14(2)9-6-4-3-5-8(9)13-11(15)7-10(12)16/h3-6H,7H2,1-2H3,(H2,12,16)(H,13,15). The molecule has 0 heterocycles. The van der Waals surface area contributed by atoms with Crippen LogP contribution >= 0.6 is 12.2 Å². The van der Waals surface area contributed by atoms with Crippen molar-refractivity contribution in [2.24, 2.45) is 5.73 Å². The number of carbonyl (C=O) groups excluding carboxylic acids is 1. The van der Waals surface area contributed by atoms with Crippen molar-refractivity contribution in [2.45, 2.75) is 6.42 Å². The summed E-state index contributed by atoms with van der Waals surface area (Å²) in [5.41, 5.74) is 7.01. The predicted molar refractivity (Wildman–Crippen MR) is 70.8 cm³/mol. The van der Waals surface area contributed by atoms with Crippen molar-refractivity contribution in [3.63, 3.8) is 0 Å². The highest BCUT2D eigenvalue weighted by molar-refractivity contribution is 7.80. The molecule has 0 atom stereocenters. The quantitative estimate of drug-likeness (QED) is 0.776. The Morgan fingerprint density at radius 1 is 1.44 bits per heavy atom. The summed E-state index contributed by atoms with van der Waals surface area (Å²) in [6, 6.07) is 7.55. The Kier molecular flexibility index (Phi) is 4.25. The van der Waals surface area contributed by atoms with E-state index in [2.05, 4.69) is 17.5 Å². The highest BCUT2D eigenvalue weighted by Gasteiger charge is 2.08.